The van der Waals surface area contributed by atoms with Gasteiger partial charge in [0.15, 0.2) is 0 Å². The van der Waals surface area contributed by atoms with Crippen molar-refractivity contribution >= 4 is 48.4 Å². The van der Waals surface area contributed by atoms with Crippen LogP contribution in [0.25, 0.3) is 0 Å². The predicted octanol–water partition coefficient (Wildman–Crippen LogP) is 4.39. The first-order valence-electron chi connectivity index (χ1n) is 15.3. The van der Waals surface area contributed by atoms with Crippen molar-refractivity contribution in [3.63, 3.8) is 0 Å². The number of amides is 3. The molecule has 0 fully saturated rings. The molecule has 3 aromatic rings. The Morgan fingerprint density at radius 3 is 2.40 bits per heavy atom. The summed E-state index contributed by atoms with van der Waals surface area (Å²) < 4.78 is 57.8. The summed E-state index contributed by atoms with van der Waals surface area (Å²) in [5.74, 6) is -3.42. The zero-order valence-electron chi connectivity index (χ0n) is 27.0. The second-order valence-electron chi connectivity index (χ2n) is 11.1. The van der Waals surface area contributed by atoms with Crippen LogP contribution >= 0.6 is 19.1 Å². The van der Waals surface area contributed by atoms with Crippen LogP contribution < -0.4 is 21.7 Å². The molecule has 272 valence electrons. The van der Waals surface area contributed by atoms with E-state index in [9.17, 15) is 34.2 Å². The van der Waals surface area contributed by atoms with E-state index in [1.54, 1.807) is 12.1 Å². The van der Waals surface area contributed by atoms with Crippen molar-refractivity contribution in [2.24, 2.45) is 0 Å². The average Bonchev–Trinajstić information content (AvgIpc) is 3.56. The first kappa shape index (κ1) is 39.9. The summed E-state index contributed by atoms with van der Waals surface area (Å²) in [4.78, 5) is 48.9. The summed E-state index contributed by atoms with van der Waals surface area (Å²) in [7, 11) is -4.10. The van der Waals surface area contributed by atoms with Gasteiger partial charge >= 0.3 is 19.1 Å². The number of halogens is 3. The van der Waals surface area contributed by atoms with Gasteiger partial charge in [0, 0.05) is 30.2 Å². The molecule has 0 saturated carbocycles. The fourth-order valence-corrected chi connectivity index (χ4v) is 6.73. The van der Waals surface area contributed by atoms with Crippen LogP contribution in [0, 0.1) is 10.1 Å². The number of nitrogens with one attached hydrogen (secondary N) is 3. The van der Waals surface area contributed by atoms with Gasteiger partial charge in [0.2, 0.25) is 11.8 Å². The monoisotopic (exact) mass is 742 g/mol. The lowest BCUT2D eigenvalue weighted by Crippen LogP contribution is -2.52. The quantitative estimate of drug-likeness (QED) is 0.0273. The molecule has 6 N–H and O–H groups in total. The third-order valence-electron chi connectivity index (χ3n) is 7.27. The number of furan rings is 1. The van der Waals surface area contributed by atoms with E-state index in [0.29, 0.717) is 17.7 Å². The van der Waals surface area contributed by atoms with Crippen molar-refractivity contribution < 1.29 is 46.7 Å². The fraction of sp³-hybridized carbons (Fsp3) is 0.387. The molecule has 19 heteroatoms. The molecule has 15 nitrogen and oxygen atoms in total. The minimum absolute atomic E-state index is 0.0239. The van der Waals surface area contributed by atoms with Gasteiger partial charge in [-0.05, 0) is 74.3 Å². The van der Waals surface area contributed by atoms with Gasteiger partial charge < -0.3 is 35.7 Å². The number of nitrogens with zero attached hydrogens (tertiary/aromatic N) is 2. The number of phenolic OH excluding ortho intramolecular Hbond substituents is 1. The lowest BCUT2D eigenvalue weighted by molar-refractivity contribution is -0.402. The lowest BCUT2D eigenvalue weighted by Gasteiger charge is -2.35. The van der Waals surface area contributed by atoms with Crippen molar-refractivity contribution in [3.05, 3.63) is 87.7 Å². The summed E-state index contributed by atoms with van der Waals surface area (Å²) in [6.45, 7) is -1.76. The van der Waals surface area contributed by atoms with Crippen LogP contribution in [0.3, 0.4) is 0 Å². The SMILES string of the molecule is CN(CCCCCl)P(=O)(OCc1ccc([N+](=O)[O-])o1)C(F)(F)C[C@H](NC(=O)CNC(=O)c1ccc(N)cc1)C(=O)NCCc1ccc(O)cc1. The number of anilines is 1. The van der Waals surface area contributed by atoms with Gasteiger partial charge in [0.05, 0.1) is 19.0 Å². The normalized spacial score (nSPS) is 13.3. The molecular weight excluding hydrogens is 705 g/mol. The van der Waals surface area contributed by atoms with Crippen LogP contribution in [0.4, 0.5) is 20.4 Å². The van der Waals surface area contributed by atoms with Gasteiger partial charge in [-0.1, -0.05) is 12.1 Å². The van der Waals surface area contributed by atoms with Gasteiger partial charge in [-0.2, -0.15) is 8.78 Å². The molecule has 1 heterocycles. The summed E-state index contributed by atoms with van der Waals surface area (Å²) in [6.07, 6.45) is -0.612. The second-order valence-corrected chi connectivity index (χ2v) is 14.1. The molecule has 3 amide bonds. The molecular formula is C31H38ClF2N6O9P. The lowest BCUT2D eigenvalue weighted by atomic mass is 10.1. The van der Waals surface area contributed by atoms with Crippen LogP contribution in [0.5, 0.6) is 5.75 Å². The Labute approximate surface area is 291 Å². The van der Waals surface area contributed by atoms with Gasteiger partial charge in [-0.15, -0.1) is 11.6 Å². The van der Waals surface area contributed by atoms with Crippen LogP contribution in [0.15, 0.2) is 65.1 Å². The molecule has 0 aliphatic carbocycles. The third-order valence-corrected chi connectivity index (χ3v) is 10.1. The number of aromatic hydroxyl groups is 1. The number of benzene rings is 2. The summed E-state index contributed by atoms with van der Waals surface area (Å²) in [5, 5.41) is 27.5. The van der Waals surface area contributed by atoms with E-state index in [2.05, 4.69) is 16.0 Å². The zero-order chi connectivity index (χ0) is 36.9. The molecule has 1 unspecified atom stereocenters. The molecule has 0 aliphatic heterocycles. The van der Waals surface area contributed by atoms with Crippen LogP contribution in [0.2, 0.25) is 0 Å². The number of rotatable bonds is 20. The molecule has 0 radical (unpaired) electrons. The number of carbonyl (C=O) groups excluding carboxylic acids is 3. The molecule has 0 aliphatic rings. The van der Waals surface area contributed by atoms with Crippen LogP contribution in [-0.2, 0) is 31.7 Å². The highest BCUT2D eigenvalue weighted by Crippen LogP contribution is 2.65. The number of hydrogen-bond acceptors (Lipinski definition) is 10. The molecule has 0 saturated heterocycles. The summed E-state index contributed by atoms with van der Waals surface area (Å²) >= 11 is 5.72. The third kappa shape index (κ3) is 11.5. The van der Waals surface area contributed by atoms with E-state index in [0.717, 1.165) is 23.9 Å². The Morgan fingerprint density at radius 2 is 1.78 bits per heavy atom. The molecule has 2 aromatic carbocycles. The highest BCUT2D eigenvalue weighted by atomic mass is 35.5. The van der Waals surface area contributed by atoms with Crippen LogP contribution in [0.1, 0.15) is 40.9 Å². The number of nitro groups is 1. The number of carbonyl (C=O) groups is 3. The van der Waals surface area contributed by atoms with Crippen molar-refractivity contribution in [2.75, 3.05) is 38.3 Å². The summed E-state index contributed by atoms with van der Waals surface area (Å²) in [6, 6.07) is 11.9. The molecule has 50 heavy (non-hydrogen) atoms. The Bertz CT molecular complexity index is 1660. The fourth-order valence-electron chi connectivity index (χ4n) is 4.53. The van der Waals surface area contributed by atoms with Crippen molar-refractivity contribution in [2.45, 2.75) is 44.0 Å². The maximum atomic E-state index is 16.3. The summed E-state index contributed by atoms with van der Waals surface area (Å²) in [5.41, 5.74) is 2.60. The Morgan fingerprint density at radius 1 is 1.10 bits per heavy atom. The van der Waals surface area contributed by atoms with Gasteiger partial charge in [0.1, 0.15) is 29.1 Å². The van der Waals surface area contributed by atoms with E-state index >= 15 is 8.78 Å². The first-order valence-corrected chi connectivity index (χ1v) is 17.4. The Balaban J connectivity index is 1.82. The smallest absolute Gasteiger partial charge is 0.433 e. The number of nitrogens with two attached hydrogens (primary N) is 1. The number of nitrogen functional groups attached to an aromatic ring is 1. The van der Waals surface area contributed by atoms with Gasteiger partial charge in [0.25, 0.3) is 5.91 Å². The number of hydrogen-bond donors (Lipinski definition) is 5. The highest BCUT2D eigenvalue weighted by Gasteiger charge is 2.56. The number of unbranched alkanes of at least 4 members (excludes halogenated alkanes) is 1. The highest BCUT2D eigenvalue weighted by molar-refractivity contribution is 7.57. The second kappa shape index (κ2) is 18.4. The topological polar surface area (TPSA) is 219 Å². The largest absolute Gasteiger partial charge is 0.508 e. The first-order chi connectivity index (χ1) is 23.6. The molecule has 1 aromatic heterocycles. The number of alkyl halides is 3. The molecule has 2 atom stereocenters. The zero-order valence-corrected chi connectivity index (χ0v) is 28.6. The van der Waals surface area contributed by atoms with Gasteiger partial charge in [-0.25, -0.2) is 4.67 Å². The van der Waals surface area contributed by atoms with Crippen molar-refractivity contribution in [1.29, 1.82) is 0 Å². The van der Waals surface area contributed by atoms with E-state index in [4.69, 9.17) is 26.3 Å². The maximum Gasteiger partial charge on any atom is 0.433 e. The van der Waals surface area contributed by atoms with Crippen molar-refractivity contribution in [1.82, 2.24) is 20.6 Å². The Hall–Kier alpha value is -4.57. The van der Waals surface area contributed by atoms with E-state index in [1.807, 2.05) is 0 Å². The van der Waals surface area contributed by atoms with Gasteiger partial charge in [-0.3, -0.25) is 29.1 Å². The van der Waals surface area contributed by atoms with E-state index < -0.39 is 67.3 Å². The maximum absolute atomic E-state index is 16.3. The van der Waals surface area contributed by atoms with E-state index in [1.165, 1.54) is 36.4 Å². The standard InChI is InChI=1S/C31H38ClF2N6O9P/c1-39(17-3-2-15-32)50(47,48-20-25-12-13-28(49-25)40(45)46)31(33,34)18-26(30(44)36-16-14-21-4-10-24(41)11-5-21)38-27(42)19-37-29(43)22-6-8-23(35)9-7-22/h4-13,26,41H,2-3,14-20,35H2,1H3,(H,36,44)(H,37,43)(H,38,42)/t26-,50?/m0/s1. The Kier molecular flexibility index (Phi) is 14.7. The average molecular weight is 743 g/mol. The molecule has 0 bridgehead atoms. The minimum atomic E-state index is -5.23. The molecule has 0 spiro atoms. The predicted molar refractivity (Wildman–Crippen MR) is 180 cm³/mol. The van der Waals surface area contributed by atoms with Crippen LogP contribution in [-0.4, -0.2) is 76.7 Å². The molecule has 3 rings (SSSR count). The van der Waals surface area contributed by atoms with Crippen molar-refractivity contribution in [3.8, 4) is 5.75 Å². The minimum Gasteiger partial charge on any atom is -0.508 e. The number of phenols is 1. The van der Waals surface area contributed by atoms with E-state index in [-0.39, 0.29) is 48.9 Å².